The lowest BCUT2D eigenvalue weighted by molar-refractivity contribution is 0.154. The van der Waals surface area contributed by atoms with Gasteiger partial charge in [-0.1, -0.05) is 61.7 Å². The number of hydrogen-bond donors (Lipinski definition) is 1. The monoisotopic (exact) mass is 287 g/mol. The van der Waals surface area contributed by atoms with Crippen molar-refractivity contribution < 1.29 is 9.53 Å². The van der Waals surface area contributed by atoms with Gasteiger partial charge in [-0.3, -0.25) is 0 Å². The van der Waals surface area contributed by atoms with Crippen LogP contribution < -0.4 is 5.32 Å². The summed E-state index contributed by atoms with van der Waals surface area (Å²) in [5, 5.41) is 2.84. The van der Waals surface area contributed by atoms with Crippen molar-refractivity contribution in [1.82, 2.24) is 5.32 Å². The third-order valence-electron chi connectivity index (χ3n) is 4.00. The molecule has 1 N–H and O–H groups in total. The molecular weight excluding hydrogens is 262 g/mol. The lowest BCUT2D eigenvalue weighted by Gasteiger charge is -2.17. The highest BCUT2D eigenvalue weighted by molar-refractivity contribution is 5.67. The Hall–Kier alpha value is -1.77. The van der Waals surface area contributed by atoms with E-state index in [0.717, 1.165) is 5.56 Å². The van der Waals surface area contributed by atoms with Crippen LogP contribution in [0.5, 0.6) is 0 Å². The van der Waals surface area contributed by atoms with Crippen molar-refractivity contribution in [3.8, 4) is 0 Å². The van der Waals surface area contributed by atoms with E-state index in [-0.39, 0.29) is 12.1 Å². The van der Waals surface area contributed by atoms with Crippen LogP contribution in [0.15, 0.2) is 42.5 Å². The largest absolute Gasteiger partial charge is 0.445 e. The molecular formula is C18H25NO2. The predicted octanol–water partition coefficient (Wildman–Crippen LogP) is 4.61. The quantitative estimate of drug-likeness (QED) is 0.803. The Morgan fingerprint density at radius 3 is 2.71 bits per heavy atom. The Morgan fingerprint density at radius 1 is 1.29 bits per heavy atom. The SMILES string of the molecule is C[C@@H](NC(=O)OC/C=C/C1CCCCC1)c1ccccc1. The smallest absolute Gasteiger partial charge is 0.407 e. The van der Waals surface area contributed by atoms with Gasteiger partial charge in [-0.15, -0.1) is 0 Å². The van der Waals surface area contributed by atoms with Crippen molar-refractivity contribution >= 4 is 6.09 Å². The van der Waals surface area contributed by atoms with E-state index in [1.165, 1.54) is 32.1 Å². The van der Waals surface area contributed by atoms with E-state index in [1.807, 2.05) is 43.3 Å². The molecule has 1 saturated carbocycles. The molecule has 1 aliphatic rings. The van der Waals surface area contributed by atoms with Gasteiger partial charge in [-0.05, 0) is 31.2 Å². The molecule has 1 fully saturated rings. The number of nitrogens with one attached hydrogen (secondary N) is 1. The maximum atomic E-state index is 11.7. The molecule has 3 heteroatoms. The van der Waals surface area contributed by atoms with E-state index in [0.29, 0.717) is 12.5 Å². The second kappa shape index (κ2) is 8.50. The second-order valence-electron chi connectivity index (χ2n) is 5.70. The number of benzene rings is 1. The molecule has 0 radical (unpaired) electrons. The van der Waals surface area contributed by atoms with Crippen LogP contribution >= 0.6 is 0 Å². The lowest BCUT2D eigenvalue weighted by atomic mass is 9.89. The van der Waals surface area contributed by atoms with Crippen LogP contribution in [0.3, 0.4) is 0 Å². The third kappa shape index (κ3) is 5.62. The average molecular weight is 287 g/mol. The molecule has 1 aromatic carbocycles. The fourth-order valence-corrected chi connectivity index (χ4v) is 2.74. The number of alkyl carbamates (subject to hydrolysis) is 1. The molecule has 1 amide bonds. The molecule has 1 atom stereocenters. The Balaban J connectivity index is 1.66. The van der Waals surface area contributed by atoms with E-state index in [2.05, 4.69) is 11.4 Å². The second-order valence-corrected chi connectivity index (χ2v) is 5.70. The molecule has 0 spiro atoms. The van der Waals surface area contributed by atoms with Gasteiger partial charge in [0.05, 0.1) is 6.04 Å². The van der Waals surface area contributed by atoms with Gasteiger partial charge >= 0.3 is 6.09 Å². The van der Waals surface area contributed by atoms with Crippen molar-refractivity contribution in [2.45, 2.75) is 45.1 Å². The fourth-order valence-electron chi connectivity index (χ4n) is 2.74. The minimum atomic E-state index is -0.361. The highest BCUT2D eigenvalue weighted by atomic mass is 16.5. The Morgan fingerprint density at radius 2 is 2.00 bits per heavy atom. The van der Waals surface area contributed by atoms with E-state index >= 15 is 0 Å². The van der Waals surface area contributed by atoms with Gasteiger partial charge in [0.2, 0.25) is 0 Å². The van der Waals surface area contributed by atoms with E-state index in [4.69, 9.17) is 4.74 Å². The first-order valence-corrected chi connectivity index (χ1v) is 7.90. The molecule has 3 nitrogen and oxygen atoms in total. The van der Waals surface area contributed by atoms with Gasteiger partial charge in [0, 0.05) is 0 Å². The highest BCUT2D eigenvalue weighted by Crippen LogP contribution is 2.24. The highest BCUT2D eigenvalue weighted by Gasteiger charge is 2.11. The molecule has 21 heavy (non-hydrogen) atoms. The summed E-state index contributed by atoms with van der Waals surface area (Å²) >= 11 is 0. The molecule has 1 aromatic rings. The van der Waals surface area contributed by atoms with Gasteiger partial charge in [-0.2, -0.15) is 0 Å². The van der Waals surface area contributed by atoms with Crippen molar-refractivity contribution in [3.05, 3.63) is 48.0 Å². The van der Waals surface area contributed by atoms with Crippen molar-refractivity contribution in [3.63, 3.8) is 0 Å². The zero-order valence-corrected chi connectivity index (χ0v) is 12.8. The van der Waals surface area contributed by atoms with Crippen LogP contribution in [0, 0.1) is 5.92 Å². The number of carbonyl (C=O) groups is 1. The van der Waals surface area contributed by atoms with Crippen LogP contribution in [-0.2, 0) is 4.74 Å². The summed E-state index contributed by atoms with van der Waals surface area (Å²) in [4.78, 5) is 11.7. The standard InChI is InChI=1S/C18H25NO2/c1-15(17-12-6-3-7-13-17)19-18(20)21-14-8-11-16-9-4-2-5-10-16/h3,6-8,11-13,15-16H,2,4-5,9-10,14H2,1H3,(H,19,20)/b11-8+/t15-/m1/s1. The number of carbonyl (C=O) groups excluding carboxylic acids is 1. The summed E-state index contributed by atoms with van der Waals surface area (Å²) < 4.78 is 5.19. The third-order valence-corrected chi connectivity index (χ3v) is 4.00. The van der Waals surface area contributed by atoms with Crippen molar-refractivity contribution in [1.29, 1.82) is 0 Å². The summed E-state index contributed by atoms with van der Waals surface area (Å²) in [5.74, 6) is 0.675. The van der Waals surface area contributed by atoms with Gasteiger partial charge in [-0.25, -0.2) is 4.79 Å². The van der Waals surface area contributed by atoms with Crippen LogP contribution in [0.2, 0.25) is 0 Å². The number of hydrogen-bond acceptors (Lipinski definition) is 2. The molecule has 0 aliphatic heterocycles. The van der Waals surface area contributed by atoms with Gasteiger partial charge in [0.1, 0.15) is 6.61 Å². The van der Waals surface area contributed by atoms with Crippen LogP contribution in [0.25, 0.3) is 0 Å². The van der Waals surface area contributed by atoms with E-state index in [9.17, 15) is 4.79 Å². The van der Waals surface area contributed by atoms with Crippen LogP contribution in [-0.4, -0.2) is 12.7 Å². The Kier molecular flexibility index (Phi) is 6.32. The summed E-state index contributed by atoms with van der Waals surface area (Å²) in [6, 6.07) is 9.84. The van der Waals surface area contributed by atoms with E-state index in [1.54, 1.807) is 0 Å². The lowest BCUT2D eigenvalue weighted by Crippen LogP contribution is -2.27. The maximum absolute atomic E-state index is 11.7. The predicted molar refractivity (Wildman–Crippen MR) is 85.1 cm³/mol. The van der Waals surface area contributed by atoms with Crippen LogP contribution in [0.1, 0.15) is 50.6 Å². The first-order valence-electron chi connectivity index (χ1n) is 7.90. The molecule has 0 unspecified atom stereocenters. The van der Waals surface area contributed by atoms with E-state index < -0.39 is 0 Å². The zero-order valence-electron chi connectivity index (χ0n) is 12.8. The maximum Gasteiger partial charge on any atom is 0.407 e. The fraction of sp³-hybridized carbons (Fsp3) is 0.500. The summed E-state index contributed by atoms with van der Waals surface area (Å²) in [7, 11) is 0. The number of amides is 1. The molecule has 1 aliphatic carbocycles. The summed E-state index contributed by atoms with van der Waals surface area (Å²) in [6.45, 7) is 2.30. The number of ether oxygens (including phenoxy) is 1. The molecule has 0 aromatic heterocycles. The molecule has 0 saturated heterocycles. The minimum Gasteiger partial charge on any atom is -0.445 e. The first kappa shape index (κ1) is 15.6. The Bertz CT molecular complexity index is 450. The zero-order chi connectivity index (χ0) is 14.9. The van der Waals surface area contributed by atoms with Gasteiger partial charge in [0.25, 0.3) is 0 Å². The van der Waals surface area contributed by atoms with Gasteiger partial charge in [0.15, 0.2) is 0 Å². The van der Waals surface area contributed by atoms with Crippen molar-refractivity contribution in [2.24, 2.45) is 5.92 Å². The topological polar surface area (TPSA) is 38.3 Å². The average Bonchev–Trinajstić information content (AvgIpc) is 2.53. The molecule has 2 rings (SSSR count). The van der Waals surface area contributed by atoms with Gasteiger partial charge < -0.3 is 10.1 Å². The minimum absolute atomic E-state index is 0.0407. The number of allylic oxidation sites excluding steroid dienone is 1. The summed E-state index contributed by atoms with van der Waals surface area (Å²) in [6.07, 6.45) is 10.4. The van der Waals surface area contributed by atoms with Crippen molar-refractivity contribution in [2.75, 3.05) is 6.61 Å². The molecule has 0 bridgehead atoms. The summed E-state index contributed by atoms with van der Waals surface area (Å²) in [5.41, 5.74) is 1.08. The number of rotatable bonds is 5. The normalized spacial score (nSPS) is 17.6. The molecule has 0 heterocycles. The molecule has 114 valence electrons. The first-order chi connectivity index (χ1) is 10.3. The Labute approximate surface area is 127 Å². The van der Waals surface area contributed by atoms with Crippen LogP contribution in [0.4, 0.5) is 4.79 Å².